The van der Waals surface area contributed by atoms with Gasteiger partial charge in [-0.25, -0.2) is 13.6 Å². The van der Waals surface area contributed by atoms with Gasteiger partial charge in [-0.05, 0) is 79.0 Å². The molecule has 11 heteroatoms. The summed E-state index contributed by atoms with van der Waals surface area (Å²) in [5, 5.41) is 9.35. The molecular weight excluding hydrogens is 518 g/mol. The van der Waals surface area contributed by atoms with Crippen LogP contribution in [0, 0.1) is 17.8 Å². The molecule has 4 unspecified atom stereocenters. The van der Waals surface area contributed by atoms with Crippen LogP contribution < -0.4 is 20.1 Å². The molecule has 2 saturated carbocycles. The Morgan fingerprint density at radius 1 is 1.14 bits per heavy atom. The molecule has 1 aromatic heterocycles. The Bertz CT molecular complexity index is 1480. The molecule has 3 aliphatic rings. The number of ether oxygens (including phenoxy) is 1. The van der Waals surface area contributed by atoms with E-state index in [1.807, 2.05) is 30.0 Å². The zero-order chi connectivity index (χ0) is 25.0. The first kappa shape index (κ1) is 23.8. The number of hydrogen-bond donors (Lipinski definition) is 3. The van der Waals surface area contributed by atoms with Crippen LogP contribution >= 0.6 is 23.1 Å². The summed E-state index contributed by atoms with van der Waals surface area (Å²) in [4.78, 5) is 28.8. The molecule has 2 bridgehead atoms. The second-order valence-electron chi connectivity index (χ2n) is 9.66. The second-order valence-corrected chi connectivity index (χ2v) is 13.4. The number of thioether (sulfide) groups is 1. The van der Waals surface area contributed by atoms with E-state index >= 15 is 0 Å². The highest BCUT2D eigenvalue weighted by atomic mass is 32.2. The molecule has 2 aliphatic carbocycles. The van der Waals surface area contributed by atoms with Gasteiger partial charge in [-0.2, -0.15) is 0 Å². The van der Waals surface area contributed by atoms with Crippen molar-refractivity contribution in [3.05, 3.63) is 68.6 Å². The SMILES string of the molecule is NS(=O)(=O)c1ccc(NC(=O)COc2cccc([C@H]3c4sc(=O)[nH]c4SC4C5CCC(C5)C43)c2)cc1. The van der Waals surface area contributed by atoms with Crippen LogP contribution in [0.5, 0.6) is 5.75 Å². The molecular formula is C25H25N3O5S3. The molecule has 188 valence electrons. The molecule has 1 aliphatic heterocycles. The zero-order valence-corrected chi connectivity index (χ0v) is 21.6. The number of aromatic amines is 1. The van der Waals surface area contributed by atoms with Gasteiger partial charge in [-0.1, -0.05) is 23.5 Å². The maximum absolute atomic E-state index is 12.4. The topological polar surface area (TPSA) is 131 Å². The van der Waals surface area contributed by atoms with Gasteiger partial charge >= 0.3 is 4.87 Å². The Balaban J connectivity index is 1.18. The maximum Gasteiger partial charge on any atom is 0.305 e. The third-order valence-electron chi connectivity index (χ3n) is 7.52. The Morgan fingerprint density at radius 3 is 2.69 bits per heavy atom. The highest BCUT2D eigenvalue weighted by Crippen LogP contribution is 2.63. The minimum Gasteiger partial charge on any atom is -0.484 e. The quantitative estimate of drug-likeness (QED) is 0.434. The van der Waals surface area contributed by atoms with Crippen molar-refractivity contribution in [2.45, 2.75) is 40.4 Å². The van der Waals surface area contributed by atoms with Gasteiger partial charge < -0.3 is 15.0 Å². The number of carbonyl (C=O) groups is 1. The second kappa shape index (κ2) is 9.05. The number of amides is 1. The van der Waals surface area contributed by atoms with Crippen molar-refractivity contribution >= 4 is 44.7 Å². The Kier molecular flexibility index (Phi) is 5.98. The van der Waals surface area contributed by atoms with Crippen LogP contribution in [-0.2, 0) is 14.8 Å². The van der Waals surface area contributed by atoms with Gasteiger partial charge in [0.2, 0.25) is 10.0 Å². The number of nitrogens with one attached hydrogen (secondary N) is 2. The maximum atomic E-state index is 12.4. The summed E-state index contributed by atoms with van der Waals surface area (Å²) in [6.07, 6.45) is 3.80. The average molecular weight is 544 g/mol. The number of carbonyl (C=O) groups excluding carboxylic acids is 1. The van der Waals surface area contributed by atoms with E-state index in [1.165, 1.54) is 54.9 Å². The summed E-state index contributed by atoms with van der Waals surface area (Å²) in [6.45, 7) is -0.194. The highest BCUT2D eigenvalue weighted by molar-refractivity contribution is 8.00. The van der Waals surface area contributed by atoms with Crippen molar-refractivity contribution in [2.75, 3.05) is 11.9 Å². The predicted molar refractivity (Wildman–Crippen MR) is 139 cm³/mol. The number of nitrogens with two attached hydrogens (primary N) is 1. The van der Waals surface area contributed by atoms with Gasteiger partial charge in [0, 0.05) is 21.7 Å². The summed E-state index contributed by atoms with van der Waals surface area (Å²) in [7, 11) is -3.79. The first-order chi connectivity index (χ1) is 17.3. The average Bonchev–Trinajstić information content (AvgIpc) is 3.55. The summed E-state index contributed by atoms with van der Waals surface area (Å²) < 4.78 is 28.6. The van der Waals surface area contributed by atoms with Crippen LogP contribution in [0.25, 0.3) is 0 Å². The normalized spacial score (nSPS) is 26.3. The highest BCUT2D eigenvalue weighted by Gasteiger charge is 2.54. The largest absolute Gasteiger partial charge is 0.484 e. The van der Waals surface area contributed by atoms with Gasteiger partial charge in [0.05, 0.1) is 9.92 Å². The van der Waals surface area contributed by atoms with E-state index in [0.29, 0.717) is 34.4 Å². The molecule has 5 atom stereocenters. The lowest BCUT2D eigenvalue weighted by Crippen LogP contribution is -2.33. The standard InChI is InChI=1S/C25H25N3O5S3/c26-36(31,32)18-8-6-16(7-9-18)27-19(29)12-33-17-3-1-2-13(11-17)21-20-14-4-5-15(10-14)22(20)34-24-23(21)35-25(30)28-24/h1-3,6-9,11,14-15,20-22H,4-5,10,12H2,(H,27,29)(H,28,30)(H2,26,31,32)/t14?,15?,20?,21-,22?/m1/s1. The van der Waals surface area contributed by atoms with Crippen LogP contribution in [0.3, 0.4) is 0 Å². The number of aromatic nitrogens is 1. The zero-order valence-electron chi connectivity index (χ0n) is 19.2. The number of rotatable bonds is 6. The molecule has 2 fully saturated rings. The number of H-pyrrole nitrogens is 1. The molecule has 8 nitrogen and oxygen atoms in total. The van der Waals surface area contributed by atoms with Gasteiger partial charge in [0.25, 0.3) is 5.91 Å². The number of anilines is 1. The van der Waals surface area contributed by atoms with Gasteiger partial charge in [0.1, 0.15) is 5.75 Å². The van der Waals surface area contributed by atoms with Crippen LogP contribution in [0.15, 0.2) is 63.2 Å². The summed E-state index contributed by atoms with van der Waals surface area (Å²) >= 11 is 3.18. The number of thiazole rings is 1. The Hall–Kier alpha value is -2.60. The van der Waals surface area contributed by atoms with E-state index in [1.54, 1.807) is 0 Å². The minimum atomic E-state index is -3.79. The minimum absolute atomic E-state index is 0.00834. The lowest BCUT2D eigenvalue weighted by Gasteiger charge is -2.40. The van der Waals surface area contributed by atoms with E-state index < -0.39 is 10.0 Å². The van der Waals surface area contributed by atoms with Crippen LogP contribution in [-0.4, -0.2) is 31.2 Å². The number of fused-ring (bicyclic) bond motifs is 6. The van der Waals surface area contributed by atoms with Crippen LogP contribution in [0.1, 0.15) is 35.6 Å². The number of primary sulfonamides is 1. The molecule has 4 N–H and O–H groups in total. The molecule has 3 aromatic rings. The van der Waals surface area contributed by atoms with E-state index in [9.17, 15) is 18.0 Å². The monoisotopic (exact) mass is 543 g/mol. The third kappa shape index (κ3) is 4.38. The smallest absolute Gasteiger partial charge is 0.305 e. The van der Waals surface area contributed by atoms with Crippen molar-refractivity contribution < 1.29 is 17.9 Å². The molecule has 2 heterocycles. The first-order valence-corrected chi connectivity index (χ1v) is 15.1. The van der Waals surface area contributed by atoms with Crippen molar-refractivity contribution in [1.29, 1.82) is 0 Å². The predicted octanol–water partition coefficient (Wildman–Crippen LogP) is 3.75. The Morgan fingerprint density at radius 2 is 1.92 bits per heavy atom. The number of benzene rings is 2. The van der Waals surface area contributed by atoms with Crippen molar-refractivity contribution in [3.8, 4) is 5.75 Å². The van der Waals surface area contributed by atoms with Crippen LogP contribution in [0.4, 0.5) is 5.69 Å². The summed E-state index contributed by atoms with van der Waals surface area (Å²) in [5.41, 5.74) is 1.56. The fourth-order valence-corrected chi connectivity index (χ4v) is 9.50. The Labute approximate surface area is 216 Å². The fourth-order valence-electron chi connectivity index (χ4n) is 6.09. The lowest BCUT2D eigenvalue weighted by atomic mass is 9.75. The molecule has 2 aromatic carbocycles. The molecule has 0 saturated heterocycles. The van der Waals surface area contributed by atoms with E-state index in [-0.39, 0.29) is 28.2 Å². The van der Waals surface area contributed by atoms with Crippen LogP contribution in [0.2, 0.25) is 0 Å². The van der Waals surface area contributed by atoms with Crippen molar-refractivity contribution in [2.24, 2.45) is 22.9 Å². The van der Waals surface area contributed by atoms with Crippen molar-refractivity contribution in [1.82, 2.24) is 4.98 Å². The summed E-state index contributed by atoms with van der Waals surface area (Å²) in [5.74, 6) is 2.28. The lowest BCUT2D eigenvalue weighted by molar-refractivity contribution is -0.118. The number of sulfonamides is 1. The molecule has 36 heavy (non-hydrogen) atoms. The molecule has 0 spiro atoms. The molecule has 6 rings (SSSR count). The van der Waals surface area contributed by atoms with E-state index in [2.05, 4.69) is 16.4 Å². The van der Waals surface area contributed by atoms with Crippen molar-refractivity contribution in [3.63, 3.8) is 0 Å². The van der Waals surface area contributed by atoms with Gasteiger partial charge in [-0.3, -0.25) is 9.59 Å². The molecule has 1 amide bonds. The number of hydrogen-bond acceptors (Lipinski definition) is 7. The molecule has 0 radical (unpaired) electrons. The fraction of sp³-hybridized carbons (Fsp3) is 0.360. The third-order valence-corrected chi connectivity index (χ3v) is 11.1. The van der Waals surface area contributed by atoms with E-state index in [0.717, 1.165) is 15.5 Å². The first-order valence-electron chi connectivity index (χ1n) is 11.8. The van der Waals surface area contributed by atoms with Gasteiger partial charge in [-0.15, -0.1) is 11.8 Å². The summed E-state index contributed by atoms with van der Waals surface area (Å²) in [6, 6.07) is 13.5. The van der Waals surface area contributed by atoms with E-state index in [4.69, 9.17) is 9.88 Å². The van der Waals surface area contributed by atoms with Gasteiger partial charge in [0.15, 0.2) is 6.61 Å².